The van der Waals surface area contributed by atoms with Crippen LogP contribution in [0.3, 0.4) is 0 Å². The fourth-order valence-corrected chi connectivity index (χ4v) is 1.79. The minimum absolute atomic E-state index is 0.259. The molecule has 12 heavy (non-hydrogen) atoms. The van der Waals surface area contributed by atoms with E-state index in [-0.39, 0.29) is 5.78 Å². The first-order valence-corrected chi connectivity index (χ1v) is 4.77. The molecule has 1 heteroatoms. The Kier molecular flexibility index (Phi) is 2.71. The van der Waals surface area contributed by atoms with Crippen molar-refractivity contribution in [3.8, 4) is 0 Å². The maximum Gasteiger partial charge on any atom is 0.155 e. The minimum atomic E-state index is 0.259. The van der Waals surface area contributed by atoms with Crippen molar-refractivity contribution in [2.75, 3.05) is 0 Å². The first-order valence-electron chi connectivity index (χ1n) is 4.77. The summed E-state index contributed by atoms with van der Waals surface area (Å²) < 4.78 is 0. The normalized spacial score (nSPS) is 29.8. The van der Waals surface area contributed by atoms with Gasteiger partial charge in [0, 0.05) is 0 Å². The zero-order valence-corrected chi connectivity index (χ0v) is 8.31. The van der Waals surface area contributed by atoms with Crippen molar-refractivity contribution in [2.45, 2.75) is 46.5 Å². The number of rotatable bonds is 2. The Bertz CT molecular complexity index is 215. The van der Waals surface area contributed by atoms with E-state index in [2.05, 4.69) is 19.9 Å². The van der Waals surface area contributed by atoms with Gasteiger partial charge in [-0.05, 0) is 37.2 Å². The molecule has 0 spiro atoms. The molecule has 0 saturated heterocycles. The van der Waals surface area contributed by atoms with E-state index in [0.29, 0.717) is 5.41 Å². The maximum absolute atomic E-state index is 11.1. The molecule has 0 heterocycles. The Balaban J connectivity index is 2.71. The van der Waals surface area contributed by atoms with Gasteiger partial charge < -0.3 is 0 Å². The minimum Gasteiger partial charge on any atom is -0.295 e. The van der Waals surface area contributed by atoms with Crippen LogP contribution < -0.4 is 0 Å². The molecule has 0 aromatic rings. The van der Waals surface area contributed by atoms with Crippen LogP contribution in [0.2, 0.25) is 0 Å². The standard InChI is InChI=1S/C11H18O/c1-4-11(3)7-5-6-10(8-11)9(2)12/h6H,4-5,7-8H2,1-3H3/t11-/m1/s1. The lowest BCUT2D eigenvalue weighted by atomic mass is 9.73. The summed E-state index contributed by atoms with van der Waals surface area (Å²) in [5, 5.41) is 0. The number of hydrogen-bond acceptors (Lipinski definition) is 1. The molecule has 68 valence electrons. The van der Waals surface area contributed by atoms with Gasteiger partial charge >= 0.3 is 0 Å². The smallest absolute Gasteiger partial charge is 0.155 e. The van der Waals surface area contributed by atoms with Crippen molar-refractivity contribution >= 4 is 5.78 Å². The van der Waals surface area contributed by atoms with Gasteiger partial charge in [-0.2, -0.15) is 0 Å². The SMILES string of the molecule is CC[C@]1(C)CCC=C(C(C)=O)C1. The lowest BCUT2D eigenvalue weighted by Crippen LogP contribution is -2.21. The summed E-state index contributed by atoms with van der Waals surface area (Å²) in [7, 11) is 0. The Labute approximate surface area is 74.9 Å². The third-order valence-electron chi connectivity index (χ3n) is 3.06. The Hall–Kier alpha value is -0.590. The fourth-order valence-electron chi connectivity index (χ4n) is 1.79. The van der Waals surface area contributed by atoms with Crippen molar-refractivity contribution in [1.29, 1.82) is 0 Å². The highest BCUT2D eigenvalue weighted by atomic mass is 16.1. The molecule has 0 N–H and O–H groups in total. The summed E-state index contributed by atoms with van der Waals surface area (Å²) in [6, 6.07) is 0. The van der Waals surface area contributed by atoms with Crippen LogP contribution in [0, 0.1) is 5.41 Å². The molecule has 1 aliphatic carbocycles. The molecule has 1 aliphatic rings. The quantitative estimate of drug-likeness (QED) is 0.616. The largest absolute Gasteiger partial charge is 0.295 e. The second-order valence-electron chi connectivity index (χ2n) is 4.17. The van der Waals surface area contributed by atoms with Gasteiger partial charge in [-0.25, -0.2) is 0 Å². The average molecular weight is 166 g/mol. The van der Waals surface area contributed by atoms with E-state index in [4.69, 9.17) is 0 Å². The van der Waals surface area contributed by atoms with E-state index in [0.717, 1.165) is 18.4 Å². The summed E-state index contributed by atoms with van der Waals surface area (Å²) in [6.07, 6.45) is 6.59. The van der Waals surface area contributed by atoms with Crippen molar-refractivity contribution in [3.63, 3.8) is 0 Å². The summed E-state index contributed by atoms with van der Waals surface area (Å²) in [5.41, 5.74) is 1.43. The van der Waals surface area contributed by atoms with Gasteiger partial charge in [-0.1, -0.05) is 26.3 Å². The highest BCUT2D eigenvalue weighted by molar-refractivity contribution is 5.93. The zero-order valence-electron chi connectivity index (χ0n) is 8.31. The van der Waals surface area contributed by atoms with Crippen LogP contribution in [0.1, 0.15) is 46.5 Å². The first-order chi connectivity index (χ1) is 5.57. The molecule has 0 unspecified atom stereocenters. The highest BCUT2D eigenvalue weighted by Crippen LogP contribution is 2.38. The predicted octanol–water partition coefficient (Wildman–Crippen LogP) is 3.10. The second-order valence-corrected chi connectivity index (χ2v) is 4.17. The summed E-state index contributed by atoms with van der Waals surface area (Å²) in [6.45, 7) is 6.17. The number of carbonyl (C=O) groups excluding carboxylic acids is 1. The van der Waals surface area contributed by atoms with Crippen molar-refractivity contribution in [1.82, 2.24) is 0 Å². The molecule has 1 atom stereocenters. The van der Waals surface area contributed by atoms with Gasteiger partial charge in [0.05, 0.1) is 0 Å². The summed E-state index contributed by atoms with van der Waals surface area (Å²) >= 11 is 0. The molecule has 0 fully saturated rings. The third kappa shape index (κ3) is 1.96. The Morgan fingerprint density at radius 3 is 2.83 bits per heavy atom. The number of hydrogen-bond donors (Lipinski definition) is 0. The van der Waals surface area contributed by atoms with E-state index in [9.17, 15) is 4.79 Å². The molecule has 1 rings (SSSR count). The Morgan fingerprint density at radius 2 is 2.33 bits per heavy atom. The molecule has 1 nitrogen and oxygen atoms in total. The number of carbonyl (C=O) groups is 1. The van der Waals surface area contributed by atoms with Gasteiger partial charge in [0.1, 0.15) is 0 Å². The molecule has 0 radical (unpaired) electrons. The maximum atomic E-state index is 11.1. The summed E-state index contributed by atoms with van der Waals surface area (Å²) in [5.74, 6) is 0.259. The van der Waals surface area contributed by atoms with Gasteiger partial charge in [0.2, 0.25) is 0 Å². The van der Waals surface area contributed by atoms with E-state index < -0.39 is 0 Å². The second kappa shape index (κ2) is 3.42. The predicted molar refractivity (Wildman–Crippen MR) is 51.0 cm³/mol. The van der Waals surface area contributed by atoms with Crippen LogP contribution in [-0.2, 0) is 4.79 Å². The van der Waals surface area contributed by atoms with Crippen molar-refractivity contribution < 1.29 is 4.79 Å². The third-order valence-corrected chi connectivity index (χ3v) is 3.06. The van der Waals surface area contributed by atoms with Gasteiger partial charge in [0.25, 0.3) is 0 Å². The topological polar surface area (TPSA) is 17.1 Å². The molecular formula is C11H18O. The molecule has 0 aromatic carbocycles. The number of allylic oxidation sites excluding steroid dienone is 2. The zero-order chi connectivity index (χ0) is 9.19. The lowest BCUT2D eigenvalue weighted by Gasteiger charge is -2.31. The Morgan fingerprint density at radius 1 is 1.67 bits per heavy atom. The van der Waals surface area contributed by atoms with Crippen LogP contribution in [-0.4, -0.2) is 5.78 Å². The molecule has 0 aromatic heterocycles. The highest BCUT2D eigenvalue weighted by Gasteiger charge is 2.27. The fraction of sp³-hybridized carbons (Fsp3) is 0.727. The van der Waals surface area contributed by atoms with Gasteiger partial charge in [0.15, 0.2) is 5.78 Å². The molecular weight excluding hydrogens is 148 g/mol. The van der Waals surface area contributed by atoms with E-state index in [1.54, 1.807) is 6.92 Å². The lowest BCUT2D eigenvalue weighted by molar-refractivity contribution is -0.114. The van der Waals surface area contributed by atoms with Crippen molar-refractivity contribution in [2.24, 2.45) is 5.41 Å². The van der Waals surface area contributed by atoms with Crippen LogP contribution >= 0.6 is 0 Å². The monoisotopic (exact) mass is 166 g/mol. The number of Topliss-reactive ketones (excluding diaryl/α,β-unsaturated/α-hetero) is 1. The van der Waals surface area contributed by atoms with Crippen molar-refractivity contribution in [3.05, 3.63) is 11.6 Å². The van der Waals surface area contributed by atoms with Crippen LogP contribution in [0.5, 0.6) is 0 Å². The van der Waals surface area contributed by atoms with Crippen LogP contribution in [0.15, 0.2) is 11.6 Å². The first kappa shape index (κ1) is 9.50. The number of ketones is 1. The van der Waals surface area contributed by atoms with E-state index >= 15 is 0 Å². The van der Waals surface area contributed by atoms with Gasteiger partial charge in [-0.3, -0.25) is 4.79 Å². The van der Waals surface area contributed by atoms with Crippen LogP contribution in [0.4, 0.5) is 0 Å². The molecule has 0 bridgehead atoms. The molecule has 0 saturated carbocycles. The molecule has 0 aliphatic heterocycles. The summed E-state index contributed by atoms with van der Waals surface area (Å²) in [4.78, 5) is 11.1. The molecule has 0 amide bonds. The van der Waals surface area contributed by atoms with Crippen LogP contribution in [0.25, 0.3) is 0 Å². The van der Waals surface area contributed by atoms with E-state index in [1.807, 2.05) is 0 Å². The average Bonchev–Trinajstić information content (AvgIpc) is 2.05. The van der Waals surface area contributed by atoms with Gasteiger partial charge in [-0.15, -0.1) is 0 Å². The van der Waals surface area contributed by atoms with E-state index in [1.165, 1.54) is 12.8 Å².